The maximum absolute atomic E-state index is 7.53. The molecule has 0 aromatic heterocycles. The zero-order chi connectivity index (χ0) is 9.14. The van der Waals surface area contributed by atoms with E-state index in [2.05, 4.69) is 6.58 Å². The molecule has 1 N–H and O–H groups in total. The van der Waals surface area contributed by atoms with Crippen molar-refractivity contribution in [1.29, 1.82) is 5.41 Å². The van der Waals surface area contributed by atoms with E-state index in [-0.39, 0.29) is 0 Å². The molecule has 0 saturated heterocycles. The van der Waals surface area contributed by atoms with Crippen molar-refractivity contribution >= 4 is 11.3 Å². The fraction of sp³-hybridized carbons (Fsp3) is 0.182. The van der Waals surface area contributed by atoms with Crippen molar-refractivity contribution in [3.05, 3.63) is 42.0 Å². The summed E-state index contributed by atoms with van der Waals surface area (Å²) in [5.41, 5.74) is 3.65. The first kappa shape index (κ1) is 8.72. The highest BCUT2D eigenvalue weighted by molar-refractivity contribution is 6.00. The molecule has 0 saturated carbocycles. The zero-order valence-electron chi connectivity index (χ0n) is 7.52. The minimum absolute atomic E-state index is 0.591. The number of nitrogens with one attached hydrogen (secondary N) is 1. The first-order valence-electron chi connectivity index (χ1n) is 3.93. The van der Waals surface area contributed by atoms with Gasteiger partial charge in [0.2, 0.25) is 0 Å². The van der Waals surface area contributed by atoms with E-state index in [4.69, 9.17) is 5.41 Å². The summed E-state index contributed by atoms with van der Waals surface area (Å²) >= 11 is 0. The molecule has 0 atom stereocenters. The SMILES string of the molecule is C=C(C)c1ccccc1C(C)=N. The van der Waals surface area contributed by atoms with Crippen molar-refractivity contribution in [2.45, 2.75) is 13.8 Å². The quantitative estimate of drug-likeness (QED) is 0.641. The Morgan fingerprint density at radius 1 is 1.17 bits per heavy atom. The Labute approximate surface area is 73.3 Å². The Morgan fingerprint density at radius 3 is 2.00 bits per heavy atom. The molecular formula is C11H13N. The van der Waals surface area contributed by atoms with Gasteiger partial charge >= 0.3 is 0 Å². The standard InChI is InChI=1S/C11H13N/c1-8(2)10-6-4-5-7-11(10)9(3)12/h4-7,12H,1H2,2-3H3. The van der Waals surface area contributed by atoms with Gasteiger partial charge in [0.1, 0.15) is 0 Å². The van der Waals surface area contributed by atoms with E-state index in [1.807, 2.05) is 31.2 Å². The normalized spacial score (nSPS) is 9.50. The minimum atomic E-state index is 0.591. The van der Waals surface area contributed by atoms with Gasteiger partial charge in [0.25, 0.3) is 0 Å². The van der Waals surface area contributed by atoms with Gasteiger partial charge in [0.05, 0.1) is 0 Å². The molecule has 0 amide bonds. The van der Waals surface area contributed by atoms with Gasteiger partial charge in [-0.3, -0.25) is 0 Å². The molecule has 62 valence electrons. The van der Waals surface area contributed by atoms with E-state index in [1.54, 1.807) is 6.92 Å². The van der Waals surface area contributed by atoms with E-state index < -0.39 is 0 Å². The largest absolute Gasteiger partial charge is 0.305 e. The van der Waals surface area contributed by atoms with Crippen molar-refractivity contribution in [3.63, 3.8) is 0 Å². The predicted molar refractivity (Wildman–Crippen MR) is 53.7 cm³/mol. The van der Waals surface area contributed by atoms with Crippen LogP contribution in [0.3, 0.4) is 0 Å². The number of benzene rings is 1. The lowest BCUT2D eigenvalue weighted by atomic mass is 9.99. The lowest BCUT2D eigenvalue weighted by molar-refractivity contribution is 1.43. The molecule has 0 aliphatic rings. The molecule has 0 radical (unpaired) electrons. The van der Waals surface area contributed by atoms with Crippen LogP contribution in [0.25, 0.3) is 5.57 Å². The van der Waals surface area contributed by atoms with E-state index in [1.165, 1.54) is 0 Å². The van der Waals surface area contributed by atoms with Crippen LogP contribution in [0.4, 0.5) is 0 Å². The number of rotatable bonds is 2. The van der Waals surface area contributed by atoms with Gasteiger partial charge in [0, 0.05) is 11.3 Å². The van der Waals surface area contributed by atoms with Crippen molar-refractivity contribution in [2.24, 2.45) is 0 Å². The molecular weight excluding hydrogens is 146 g/mol. The van der Waals surface area contributed by atoms with Crippen molar-refractivity contribution in [2.75, 3.05) is 0 Å². The maximum atomic E-state index is 7.53. The van der Waals surface area contributed by atoms with E-state index >= 15 is 0 Å². The van der Waals surface area contributed by atoms with Crippen LogP contribution in [0.1, 0.15) is 25.0 Å². The van der Waals surface area contributed by atoms with Gasteiger partial charge in [-0.2, -0.15) is 0 Å². The van der Waals surface area contributed by atoms with Gasteiger partial charge in [-0.05, 0) is 19.4 Å². The molecule has 0 bridgehead atoms. The van der Waals surface area contributed by atoms with Gasteiger partial charge < -0.3 is 5.41 Å². The predicted octanol–water partition coefficient (Wildman–Crippen LogP) is 3.11. The second-order valence-corrected chi connectivity index (χ2v) is 2.95. The molecule has 0 unspecified atom stereocenters. The molecule has 0 aliphatic carbocycles. The van der Waals surface area contributed by atoms with E-state index in [9.17, 15) is 0 Å². The van der Waals surface area contributed by atoms with Gasteiger partial charge in [-0.15, -0.1) is 0 Å². The smallest absolute Gasteiger partial charge is 0.0361 e. The summed E-state index contributed by atoms with van der Waals surface area (Å²) < 4.78 is 0. The summed E-state index contributed by atoms with van der Waals surface area (Å²) in [5.74, 6) is 0. The highest BCUT2D eigenvalue weighted by Gasteiger charge is 2.02. The fourth-order valence-corrected chi connectivity index (χ4v) is 1.18. The van der Waals surface area contributed by atoms with Crippen LogP contribution >= 0.6 is 0 Å². The Kier molecular flexibility index (Phi) is 2.44. The highest BCUT2D eigenvalue weighted by Crippen LogP contribution is 2.16. The molecule has 12 heavy (non-hydrogen) atoms. The second kappa shape index (κ2) is 3.35. The summed E-state index contributed by atoms with van der Waals surface area (Å²) in [6.45, 7) is 7.63. The average Bonchev–Trinajstić information content (AvgIpc) is 2.04. The van der Waals surface area contributed by atoms with Gasteiger partial charge in [-0.1, -0.05) is 36.4 Å². The van der Waals surface area contributed by atoms with Gasteiger partial charge in [-0.25, -0.2) is 0 Å². The molecule has 1 rings (SSSR count). The number of hydrogen-bond donors (Lipinski definition) is 1. The number of allylic oxidation sites excluding steroid dienone is 1. The molecule has 1 aromatic carbocycles. The summed E-state index contributed by atoms with van der Waals surface area (Å²) in [7, 11) is 0. The van der Waals surface area contributed by atoms with Gasteiger partial charge in [0.15, 0.2) is 0 Å². The topological polar surface area (TPSA) is 23.9 Å². The third-order valence-corrected chi connectivity index (χ3v) is 1.79. The fourth-order valence-electron chi connectivity index (χ4n) is 1.18. The molecule has 0 heterocycles. The summed E-state index contributed by atoms with van der Waals surface area (Å²) in [4.78, 5) is 0. The van der Waals surface area contributed by atoms with Crippen LogP contribution in [-0.4, -0.2) is 5.71 Å². The maximum Gasteiger partial charge on any atom is 0.0361 e. The molecule has 1 nitrogen and oxygen atoms in total. The monoisotopic (exact) mass is 159 g/mol. The summed E-state index contributed by atoms with van der Waals surface area (Å²) in [5, 5.41) is 7.53. The number of hydrogen-bond acceptors (Lipinski definition) is 1. The first-order chi connectivity index (χ1) is 5.63. The third-order valence-electron chi connectivity index (χ3n) is 1.79. The van der Waals surface area contributed by atoms with Crippen molar-refractivity contribution in [3.8, 4) is 0 Å². The summed E-state index contributed by atoms with van der Waals surface area (Å²) in [6, 6.07) is 7.86. The van der Waals surface area contributed by atoms with Crippen LogP contribution in [-0.2, 0) is 0 Å². The second-order valence-electron chi connectivity index (χ2n) is 2.95. The molecule has 0 fully saturated rings. The molecule has 0 spiro atoms. The lowest BCUT2D eigenvalue weighted by Gasteiger charge is -2.06. The zero-order valence-corrected chi connectivity index (χ0v) is 7.52. The van der Waals surface area contributed by atoms with Crippen molar-refractivity contribution in [1.82, 2.24) is 0 Å². The molecule has 1 heteroatoms. The van der Waals surface area contributed by atoms with Crippen LogP contribution in [0, 0.1) is 5.41 Å². The van der Waals surface area contributed by atoms with Crippen molar-refractivity contribution < 1.29 is 0 Å². The first-order valence-corrected chi connectivity index (χ1v) is 3.93. The average molecular weight is 159 g/mol. The van der Waals surface area contributed by atoms with Crippen LogP contribution in [0.5, 0.6) is 0 Å². The summed E-state index contributed by atoms with van der Waals surface area (Å²) in [6.07, 6.45) is 0. The van der Waals surface area contributed by atoms with Crippen LogP contribution < -0.4 is 0 Å². The molecule has 1 aromatic rings. The van der Waals surface area contributed by atoms with Crippen LogP contribution in [0.15, 0.2) is 30.8 Å². The third kappa shape index (κ3) is 1.62. The highest BCUT2D eigenvalue weighted by atomic mass is 14.4. The Bertz CT molecular complexity index is 291. The Hall–Kier alpha value is -1.37. The van der Waals surface area contributed by atoms with E-state index in [0.29, 0.717) is 5.71 Å². The van der Waals surface area contributed by atoms with E-state index in [0.717, 1.165) is 16.7 Å². The molecule has 0 aliphatic heterocycles. The Balaban J connectivity index is 3.27. The van der Waals surface area contributed by atoms with Crippen LogP contribution in [0.2, 0.25) is 0 Å². The Morgan fingerprint density at radius 2 is 1.67 bits per heavy atom. The minimum Gasteiger partial charge on any atom is -0.305 e. The lowest BCUT2D eigenvalue weighted by Crippen LogP contribution is -1.96.